The van der Waals surface area contributed by atoms with Crippen LogP contribution in [-0.2, 0) is 11.3 Å². The zero-order chi connectivity index (χ0) is 12.7. The SMILES string of the molecule is COC[C@@H](C)[NH2+]Cc1cc(OC)cc(OC)c1. The molecule has 1 aromatic rings. The zero-order valence-corrected chi connectivity index (χ0v) is 11.0. The van der Waals surface area contributed by atoms with Crippen LogP contribution in [0.3, 0.4) is 0 Å². The van der Waals surface area contributed by atoms with Crippen LogP contribution in [-0.4, -0.2) is 34.0 Å². The molecule has 0 saturated carbocycles. The van der Waals surface area contributed by atoms with Gasteiger partial charge in [0.05, 0.1) is 20.8 Å². The zero-order valence-electron chi connectivity index (χ0n) is 11.0. The summed E-state index contributed by atoms with van der Waals surface area (Å²) >= 11 is 0. The maximum absolute atomic E-state index is 5.23. The molecule has 1 atom stereocenters. The fourth-order valence-electron chi connectivity index (χ4n) is 1.65. The summed E-state index contributed by atoms with van der Waals surface area (Å²) in [5, 5.41) is 2.23. The van der Waals surface area contributed by atoms with Gasteiger partial charge < -0.3 is 19.5 Å². The number of methoxy groups -OCH3 is 3. The van der Waals surface area contributed by atoms with Gasteiger partial charge in [-0.05, 0) is 19.1 Å². The minimum absolute atomic E-state index is 0.442. The van der Waals surface area contributed by atoms with Crippen LogP contribution >= 0.6 is 0 Å². The van der Waals surface area contributed by atoms with Gasteiger partial charge in [0.1, 0.15) is 24.1 Å². The Labute approximate surface area is 103 Å². The molecule has 1 aromatic carbocycles. The van der Waals surface area contributed by atoms with Gasteiger partial charge in [-0.2, -0.15) is 0 Å². The van der Waals surface area contributed by atoms with E-state index in [4.69, 9.17) is 14.2 Å². The van der Waals surface area contributed by atoms with Crippen LogP contribution in [0.5, 0.6) is 11.5 Å². The molecular weight excluding hydrogens is 218 g/mol. The molecule has 0 fully saturated rings. The van der Waals surface area contributed by atoms with Gasteiger partial charge in [0.2, 0.25) is 0 Å². The molecule has 0 saturated heterocycles. The standard InChI is InChI=1S/C13H21NO3/c1-10(9-15-2)14-8-11-5-12(16-3)7-13(6-11)17-4/h5-7,10,14H,8-9H2,1-4H3/p+1/t10-/m1/s1. The second-order valence-corrected chi connectivity index (χ2v) is 4.09. The fourth-order valence-corrected chi connectivity index (χ4v) is 1.65. The summed E-state index contributed by atoms with van der Waals surface area (Å²) < 4.78 is 15.6. The Morgan fingerprint density at radius 3 is 2.12 bits per heavy atom. The van der Waals surface area contributed by atoms with Gasteiger partial charge >= 0.3 is 0 Å². The molecule has 4 heteroatoms. The average Bonchev–Trinajstić information content (AvgIpc) is 2.36. The maximum atomic E-state index is 5.23. The molecule has 0 aliphatic heterocycles. The van der Waals surface area contributed by atoms with E-state index in [-0.39, 0.29) is 0 Å². The van der Waals surface area contributed by atoms with Gasteiger partial charge in [-0.25, -0.2) is 0 Å². The van der Waals surface area contributed by atoms with Gasteiger partial charge in [-0.15, -0.1) is 0 Å². The highest BCUT2D eigenvalue weighted by Crippen LogP contribution is 2.21. The Hall–Kier alpha value is -1.26. The third-order valence-electron chi connectivity index (χ3n) is 2.60. The fraction of sp³-hybridized carbons (Fsp3) is 0.538. The number of hydrogen-bond donors (Lipinski definition) is 1. The molecule has 2 N–H and O–H groups in total. The van der Waals surface area contributed by atoms with Gasteiger partial charge in [0.25, 0.3) is 0 Å². The Morgan fingerprint density at radius 2 is 1.65 bits per heavy atom. The van der Waals surface area contributed by atoms with Crippen molar-refractivity contribution in [3.63, 3.8) is 0 Å². The molecule has 0 aliphatic rings. The predicted octanol–water partition coefficient (Wildman–Crippen LogP) is 0.802. The molecule has 1 rings (SSSR count). The Kier molecular flexibility index (Phi) is 5.80. The van der Waals surface area contributed by atoms with Crippen LogP contribution in [0.15, 0.2) is 18.2 Å². The van der Waals surface area contributed by atoms with Crippen molar-refractivity contribution >= 4 is 0 Å². The molecule has 17 heavy (non-hydrogen) atoms. The summed E-state index contributed by atoms with van der Waals surface area (Å²) in [6, 6.07) is 6.37. The van der Waals surface area contributed by atoms with E-state index in [2.05, 4.69) is 12.2 Å². The summed E-state index contributed by atoms with van der Waals surface area (Å²) in [5.41, 5.74) is 1.18. The van der Waals surface area contributed by atoms with Gasteiger partial charge in [0, 0.05) is 18.7 Å². The minimum atomic E-state index is 0.442. The molecule has 0 spiro atoms. The van der Waals surface area contributed by atoms with Crippen molar-refractivity contribution in [2.75, 3.05) is 27.9 Å². The molecule has 0 unspecified atom stereocenters. The summed E-state index contributed by atoms with van der Waals surface area (Å²) in [4.78, 5) is 0. The third kappa shape index (κ3) is 4.63. The molecule has 0 aromatic heterocycles. The normalized spacial score (nSPS) is 12.2. The van der Waals surface area contributed by atoms with E-state index in [1.54, 1.807) is 21.3 Å². The Balaban J connectivity index is 2.63. The number of rotatable bonds is 7. The van der Waals surface area contributed by atoms with E-state index in [1.165, 1.54) is 5.56 Å². The van der Waals surface area contributed by atoms with E-state index < -0.39 is 0 Å². The lowest BCUT2D eigenvalue weighted by Crippen LogP contribution is -2.88. The van der Waals surface area contributed by atoms with Crippen molar-refractivity contribution in [2.24, 2.45) is 0 Å². The first-order valence-electron chi connectivity index (χ1n) is 5.73. The van der Waals surface area contributed by atoms with E-state index >= 15 is 0 Å². The highest BCUT2D eigenvalue weighted by Gasteiger charge is 2.07. The second kappa shape index (κ2) is 7.14. The number of nitrogens with two attached hydrogens (primary N) is 1. The lowest BCUT2D eigenvalue weighted by Gasteiger charge is -2.11. The topological polar surface area (TPSA) is 44.3 Å². The number of hydrogen-bond acceptors (Lipinski definition) is 3. The lowest BCUT2D eigenvalue weighted by molar-refractivity contribution is -0.702. The highest BCUT2D eigenvalue weighted by molar-refractivity contribution is 5.37. The average molecular weight is 240 g/mol. The molecule has 0 aliphatic carbocycles. The summed E-state index contributed by atoms with van der Waals surface area (Å²) in [6.07, 6.45) is 0. The molecule has 0 radical (unpaired) electrons. The molecule has 4 nitrogen and oxygen atoms in total. The van der Waals surface area contributed by atoms with Gasteiger partial charge in [-0.1, -0.05) is 0 Å². The first-order valence-corrected chi connectivity index (χ1v) is 5.73. The predicted molar refractivity (Wildman–Crippen MR) is 66.5 cm³/mol. The van der Waals surface area contributed by atoms with Crippen LogP contribution in [0, 0.1) is 0 Å². The molecule has 0 bridgehead atoms. The van der Waals surface area contributed by atoms with Crippen molar-refractivity contribution < 1.29 is 19.5 Å². The van der Waals surface area contributed by atoms with Crippen molar-refractivity contribution in [3.05, 3.63) is 23.8 Å². The molecule has 0 amide bonds. The Morgan fingerprint density at radius 1 is 1.06 bits per heavy atom. The first-order chi connectivity index (χ1) is 8.19. The number of ether oxygens (including phenoxy) is 3. The Bertz CT molecular complexity index is 319. The first kappa shape index (κ1) is 13.8. The summed E-state index contributed by atoms with van der Waals surface area (Å²) in [5.74, 6) is 1.65. The van der Waals surface area contributed by atoms with Gasteiger partial charge in [-0.3, -0.25) is 0 Å². The lowest BCUT2D eigenvalue weighted by atomic mass is 10.2. The summed E-state index contributed by atoms with van der Waals surface area (Å²) in [7, 11) is 5.05. The van der Waals surface area contributed by atoms with E-state index in [9.17, 15) is 0 Å². The largest absolute Gasteiger partial charge is 0.497 e. The molecule has 96 valence electrons. The molecule has 0 heterocycles. The minimum Gasteiger partial charge on any atom is -0.497 e. The number of quaternary nitrogens is 1. The second-order valence-electron chi connectivity index (χ2n) is 4.09. The highest BCUT2D eigenvalue weighted by atomic mass is 16.5. The van der Waals surface area contributed by atoms with E-state index in [1.807, 2.05) is 18.2 Å². The molecular formula is C13H22NO3+. The summed E-state index contributed by atoms with van der Waals surface area (Å²) in [6.45, 7) is 3.78. The van der Waals surface area contributed by atoms with Crippen molar-refractivity contribution in [1.82, 2.24) is 0 Å². The van der Waals surface area contributed by atoms with Crippen molar-refractivity contribution in [3.8, 4) is 11.5 Å². The van der Waals surface area contributed by atoms with Crippen molar-refractivity contribution in [1.29, 1.82) is 0 Å². The number of benzene rings is 1. The van der Waals surface area contributed by atoms with Crippen LogP contribution in [0.1, 0.15) is 12.5 Å². The van der Waals surface area contributed by atoms with Crippen molar-refractivity contribution in [2.45, 2.75) is 19.5 Å². The monoisotopic (exact) mass is 240 g/mol. The van der Waals surface area contributed by atoms with Crippen LogP contribution < -0.4 is 14.8 Å². The van der Waals surface area contributed by atoms with Gasteiger partial charge in [0.15, 0.2) is 0 Å². The third-order valence-corrected chi connectivity index (χ3v) is 2.60. The quantitative estimate of drug-likeness (QED) is 0.767. The van der Waals surface area contributed by atoms with Crippen LogP contribution in [0.2, 0.25) is 0 Å². The smallest absolute Gasteiger partial charge is 0.123 e. The maximum Gasteiger partial charge on any atom is 0.123 e. The van der Waals surface area contributed by atoms with E-state index in [0.29, 0.717) is 6.04 Å². The van der Waals surface area contributed by atoms with E-state index in [0.717, 1.165) is 24.7 Å². The van der Waals surface area contributed by atoms with Crippen LogP contribution in [0.4, 0.5) is 0 Å². The van der Waals surface area contributed by atoms with Crippen LogP contribution in [0.25, 0.3) is 0 Å².